The number of halogens is 1. The molecule has 0 radical (unpaired) electrons. The summed E-state index contributed by atoms with van der Waals surface area (Å²) in [7, 11) is 0. The molecule has 0 N–H and O–H groups in total. The molecule has 2 aliphatic heterocycles. The molecule has 4 aromatic rings. The molecule has 3 heterocycles. The summed E-state index contributed by atoms with van der Waals surface area (Å²) in [6.45, 7) is 5.00. The Labute approximate surface area is 198 Å². The van der Waals surface area contributed by atoms with Crippen molar-refractivity contribution in [2.45, 2.75) is 39.2 Å². The lowest BCUT2D eigenvalue weighted by molar-refractivity contribution is 0.0975. The maximum absolute atomic E-state index is 13.7. The number of hydrogen-bond donors (Lipinski definition) is 0. The van der Waals surface area contributed by atoms with E-state index in [0.717, 1.165) is 54.1 Å². The first-order chi connectivity index (χ1) is 16.5. The minimum Gasteiger partial charge on any atom is -0.326 e. The van der Waals surface area contributed by atoms with Gasteiger partial charge in [-0.15, -0.1) is 0 Å². The van der Waals surface area contributed by atoms with Gasteiger partial charge in [-0.05, 0) is 104 Å². The fraction of sp³-hybridized carbons (Fsp3) is 0.241. The zero-order valence-electron chi connectivity index (χ0n) is 19.4. The molecule has 0 fully saturated rings. The highest BCUT2D eigenvalue weighted by atomic mass is 19.1. The van der Waals surface area contributed by atoms with Gasteiger partial charge in [-0.3, -0.25) is 4.79 Å². The molecule has 5 heteroatoms. The molecule has 34 heavy (non-hydrogen) atoms. The lowest BCUT2D eigenvalue weighted by Crippen LogP contribution is -2.42. The monoisotopic (exact) mass is 451 g/mol. The second kappa shape index (κ2) is 7.94. The highest BCUT2D eigenvalue weighted by Gasteiger charge is 2.30. The van der Waals surface area contributed by atoms with Crippen LogP contribution < -0.4 is 9.80 Å². The Morgan fingerprint density at radius 3 is 2.62 bits per heavy atom. The summed E-state index contributed by atoms with van der Waals surface area (Å²) in [5.74, 6) is 0.693. The maximum Gasteiger partial charge on any atom is 0.258 e. The molecule has 0 aliphatic carbocycles. The maximum atomic E-state index is 13.7. The Balaban J connectivity index is 1.30. The molecule has 1 amide bonds. The first-order valence-electron chi connectivity index (χ1n) is 11.9. The van der Waals surface area contributed by atoms with Crippen LogP contribution in [0.2, 0.25) is 0 Å². The Morgan fingerprint density at radius 1 is 0.971 bits per heavy atom. The second-order valence-corrected chi connectivity index (χ2v) is 9.45. The molecule has 1 atom stereocenters. The van der Waals surface area contributed by atoms with Crippen molar-refractivity contribution < 1.29 is 9.18 Å². The van der Waals surface area contributed by atoms with Gasteiger partial charge in [0, 0.05) is 34.9 Å². The van der Waals surface area contributed by atoms with E-state index in [2.05, 4.69) is 43.0 Å². The smallest absolute Gasteiger partial charge is 0.258 e. The molecule has 6 rings (SSSR count). The number of hydrogen-bond acceptors (Lipinski definition) is 3. The van der Waals surface area contributed by atoms with Gasteiger partial charge in [0.2, 0.25) is 0 Å². The largest absolute Gasteiger partial charge is 0.326 e. The number of aryl methyl sites for hydroxylation is 2. The van der Waals surface area contributed by atoms with Gasteiger partial charge < -0.3 is 9.80 Å². The topological polar surface area (TPSA) is 36.4 Å². The third-order valence-corrected chi connectivity index (χ3v) is 7.11. The lowest BCUT2D eigenvalue weighted by Gasteiger charge is -2.35. The van der Waals surface area contributed by atoms with Crippen molar-refractivity contribution in [1.82, 2.24) is 4.98 Å². The minimum atomic E-state index is -0.257. The Bertz CT molecular complexity index is 1430. The number of carbonyl (C=O) groups is 1. The van der Waals surface area contributed by atoms with E-state index in [1.807, 2.05) is 29.2 Å². The van der Waals surface area contributed by atoms with Crippen LogP contribution in [0.1, 0.15) is 40.4 Å². The number of nitrogens with zero attached hydrogens (tertiary/aromatic N) is 3. The predicted octanol–water partition coefficient (Wildman–Crippen LogP) is 6.36. The number of pyridine rings is 1. The van der Waals surface area contributed by atoms with E-state index in [4.69, 9.17) is 4.98 Å². The third kappa shape index (κ3) is 3.43. The SMILES string of the molecule is Cc1ccc2cc3c(nc2c1)N(c1ccc(C(=O)N2c4ccc(F)cc4CCC2C)cc1)CC3. The molecule has 170 valence electrons. The standard InChI is InChI=1S/C29H26FN3O/c1-18-3-5-21-16-23-13-14-32(28(23)31-26(21)15-18)25-10-7-20(8-11-25)29(34)33-19(2)4-6-22-17-24(30)9-12-27(22)33/h3,5,7-12,15-17,19H,4,6,13-14H2,1-2H3. The summed E-state index contributed by atoms with van der Waals surface area (Å²) in [5, 5.41) is 1.17. The molecule has 0 bridgehead atoms. The van der Waals surface area contributed by atoms with Gasteiger partial charge in [-0.1, -0.05) is 12.1 Å². The molecule has 0 saturated carbocycles. The van der Waals surface area contributed by atoms with Crippen LogP contribution in [0.25, 0.3) is 10.9 Å². The van der Waals surface area contributed by atoms with Gasteiger partial charge in [0.1, 0.15) is 11.6 Å². The molecular weight excluding hydrogens is 425 g/mol. The van der Waals surface area contributed by atoms with Crippen LogP contribution in [-0.4, -0.2) is 23.5 Å². The highest BCUT2D eigenvalue weighted by molar-refractivity contribution is 6.07. The summed E-state index contributed by atoms with van der Waals surface area (Å²) in [4.78, 5) is 22.5. The van der Waals surface area contributed by atoms with E-state index in [9.17, 15) is 9.18 Å². The van der Waals surface area contributed by atoms with Crippen molar-refractivity contribution in [3.8, 4) is 0 Å². The van der Waals surface area contributed by atoms with E-state index in [1.54, 1.807) is 12.1 Å². The van der Waals surface area contributed by atoms with Crippen molar-refractivity contribution in [2.75, 3.05) is 16.3 Å². The van der Waals surface area contributed by atoms with Crippen molar-refractivity contribution in [3.05, 3.63) is 94.8 Å². The number of carbonyl (C=O) groups excluding carboxylic acids is 1. The zero-order valence-corrected chi connectivity index (χ0v) is 19.4. The van der Waals surface area contributed by atoms with Crippen LogP contribution in [0, 0.1) is 12.7 Å². The number of fused-ring (bicyclic) bond motifs is 3. The molecule has 1 unspecified atom stereocenters. The van der Waals surface area contributed by atoms with Crippen LogP contribution in [0.3, 0.4) is 0 Å². The Kier molecular flexibility index (Phi) is 4.87. The van der Waals surface area contributed by atoms with Crippen molar-refractivity contribution in [2.24, 2.45) is 0 Å². The van der Waals surface area contributed by atoms with Crippen LogP contribution in [0.4, 0.5) is 21.6 Å². The van der Waals surface area contributed by atoms with E-state index in [1.165, 1.54) is 22.6 Å². The van der Waals surface area contributed by atoms with Gasteiger partial charge in [0.05, 0.1) is 5.52 Å². The fourth-order valence-corrected chi connectivity index (χ4v) is 5.27. The van der Waals surface area contributed by atoms with Crippen molar-refractivity contribution in [3.63, 3.8) is 0 Å². The first kappa shape index (κ1) is 20.8. The highest BCUT2D eigenvalue weighted by Crippen LogP contribution is 2.36. The quantitative estimate of drug-likeness (QED) is 0.356. The number of benzene rings is 3. The van der Waals surface area contributed by atoms with Crippen molar-refractivity contribution in [1.29, 1.82) is 0 Å². The summed E-state index contributed by atoms with van der Waals surface area (Å²) in [5.41, 5.74) is 6.83. The number of rotatable bonds is 2. The van der Waals surface area contributed by atoms with Crippen molar-refractivity contribution >= 4 is 34.0 Å². The van der Waals surface area contributed by atoms with Crippen LogP contribution in [0.15, 0.2) is 66.7 Å². The summed E-state index contributed by atoms with van der Waals surface area (Å²) in [6.07, 6.45) is 2.56. The molecule has 3 aromatic carbocycles. The normalized spacial score (nSPS) is 17.1. The summed E-state index contributed by atoms with van der Waals surface area (Å²) >= 11 is 0. The van der Waals surface area contributed by atoms with Crippen LogP contribution in [-0.2, 0) is 12.8 Å². The van der Waals surface area contributed by atoms with Crippen LogP contribution >= 0.6 is 0 Å². The predicted molar refractivity (Wildman–Crippen MR) is 135 cm³/mol. The van der Waals surface area contributed by atoms with Gasteiger partial charge in [0.15, 0.2) is 0 Å². The van der Waals surface area contributed by atoms with Gasteiger partial charge in [-0.25, -0.2) is 9.37 Å². The second-order valence-electron chi connectivity index (χ2n) is 9.45. The molecule has 4 nitrogen and oxygen atoms in total. The molecular formula is C29H26FN3O. The number of anilines is 3. The van der Waals surface area contributed by atoms with Gasteiger partial charge >= 0.3 is 0 Å². The molecule has 0 saturated heterocycles. The van der Waals surface area contributed by atoms with E-state index >= 15 is 0 Å². The lowest BCUT2D eigenvalue weighted by atomic mass is 9.95. The number of amides is 1. The zero-order chi connectivity index (χ0) is 23.4. The van der Waals surface area contributed by atoms with Gasteiger partial charge in [0.25, 0.3) is 5.91 Å². The minimum absolute atomic E-state index is 0.0481. The Hall–Kier alpha value is -3.73. The third-order valence-electron chi connectivity index (χ3n) is 7.11. The van der Waals surface area contributed by atoms with E-state index < -0.39 is 0 Å². The van der Waals surface area contributed by atoms with Crippen LogP contribution in [0.5, 0.6) is 0 Å². The molecule has 2 aliphatic rings. The average molecular weight is 452 g/mol. The molecule has 1 aromatic heterocycles. The summed E-state index contributed by atoms with van der Waals surface area (Å²) < 4.78 is 13.7. The number of aromatic nitrogens is 1. The first-order valence-corrected chi connectivity index (χ1v) is 11.9. The summed E-state index contributed by atoms with van der Waals surface area (Å²) in [6, 6.07) is 21.2. The fourth-order valence-electron chi connectivity index (χ4n) is 5.27. The molecule has 0 spiro atoms. The van der Waals surface area contributed by atoms with E-state index in [0.29, 0.717) is 5.56 Å². The van der Waals surface area contributed by atoms with Gasteiger partial charge in [-0.2, -0.15) is 0 Å². The Morgan fingerprint density at radius 2 is 1.79 bits per heavy atom. The van der Waals surface area contributed by atoms with E-state index in [-0.39, 0.29) is 17.8 Å². The average Bonchev–Trinajstić information content (AvgIpc) is 3.25.